The third-order valence-corrected chi connectivity index (χ3v) is 3.92. The van der Waals surface area contributed by atoms with Crippen LogP contribution in [0.2, 0.25) is 0 Å². The van der Waals surface area contributed by atoms with E-state index in [2.05, 4.69) is 16.8 Å². The van der Waals surface area contributed by atoms with Crippen LogP contribution in [0.3, 0.4) is 0 Å². The number of carbonyl (C=O) groups is 1. The number of phenols is 1. The third kappa shape index (κ3) is 3.18. The Bertz CT molecular complexity index is 980. The number of ether oxygens (including phenoxy) is 1. The van der Waals surface area contributed by atoms with Crippen LogP contribution < -0.4 is 4.74 Å². The standard InChI is InChI=1S/C20H21N3O3/c1-12(2)19(25)26-16-11-10-15(18(24)17(16)20(3,4)5)23-21-13-8-6-7-9-14(13)22-23/h6-11,24H,1H2,2-5H3. The maximum Gasteiger partial charge on any atom is 0.338 e. The van der Waals surface area contributed by atoms with Crippen molar-refractivity contribution in [2.75, 3.05) is 0 Å². The maximum atomic E-state index is 11.9. The second-order valence-electron chi connectivity index (χ2n) is 7.20. The van der Waals surface area contributed by atoms with Crippen LogP contribution in [0.4, 0.5) is 0 Å². The topological polar surface area (TPSA) is 77.2 Å². The summed E-state index contributed by atoms with van der Waals surface area (Å²) in [4.78, 5) is 13.3. The van der Waals surface area contributed by atoms with Crippen molar-refractivity contribution < 1.29 is 14.6 Å². The van der Waals surface area contributed by atoms with E-state index in [1.54, 1.807) is 19.1 Å². The number of hydrogen-bond acceptors (Lipinski definition) is 5. The van der Waals surface area contributed by atoms with Gasteiger partial charge < -0.3 is 9.84 Å². The molecule has 134 valence electrons. The molecule has 0 aliphatic rings. The van der Waals surface area contributed by atoms with Crippen molar-refractivity contribution in [3.05, 3.63) is 54.1 Å². The van der Waals surface area contributed by atoms with Crippen molar-refractivity contribution >= 4 is 17.0 Å². The Morgan fingerprint density at radius 3 is 2.19 bits per heavy atom. The van der Waals surface area contributed by atoms with Gasteiger partial charge in [0.1, 0.15) is 22.5 Å². The zero-order chi connectivity index (χ0) is 19.1. The normalized spacial score (nSPS) is 11.5. The minimum atomic E-state index is -0.536. The molecule has 0 amide bonds. The van der Waals surface area contributed by atoms with Gasteiger partial charge in [0.05, 0.1) is 0 Å². The second-order valence-corrected chi connectivity index (χ2v) is 7.20. The summed E-state index contributed by atoms with van der Waals surface area (Å²) in [5, 5.41) is 19.7. The molecule has 0 radical (unpaired) electrons. The van der Waals surface area contributed by atoms with Crippen LogP contribution in [-0.4, -0.2) is 26.1 Å². The second kappa shape index (κ2) is 6.29. The van der Waals surface area contributed by atoms with Gasteiger partial charge >= 0.3 is 5.97 Å². The summed E-state index contributed by atoms with van der Waals surface area (Å²) < 4.78 is 5.42. The van der Waals surface area contributed by atoms with Crippen LogP contribution in [0, 0.1) is 0 Å². The summed E-state index contributed by atoms with van der Waals surface area (Å²) in [6, 6.07) is 10.7. The molecule has 0 bridgehead atoms. The fourth-order valence-electron chi connectivity index (χ4n) is 2.69. The van der Waals surface area contributed by atoms with E-state index >= 15 is 0 Å². The fourth-order valence-corrected chi connectivity index (χ4v) is 2.69. The van der Waals surface area contributed by atoms with Gasteiger partial charge in [0, 0.05) is 11.1 Å². The first kappa shape index (κ1) is 17.7. The summed E-state index contributed by atoms with van der Waals surface area (Å²) >= 11 is 0. The highest BCUT2D eigenvalue weighted by atomic mass is 16.5. The number of aromatic nitrogens is 3. The molecule has 0 unspecified atom stereocenters. The van der Waals surface area contributed by atoms with E-state index in [-0.39, 0.29) is 11.3 Å². The largest absolute Gasteiger partial charge is 0.505 e. The highest BCUT2D eigenvalue weighted by Gasteiger charge is 2.27. The van der Waals surface area contributed by atoms with E-state index in [1.807, 2.05) is 45.0 Å². The van der Waals surface area contributed by atoms with E-state index in [0.29, 0.717) is 17.0 Å². The fraction of sp³-hybridized carbons (Fsp3) is 0.250. The van der Waals surface area contributed by atoms with Gasteiger partial charge in [-0.1, -0.05) is 39.5 Å². The molecular formula is C20H21N3O3. The molecule has 6 nitrogen and oxygen atoms in total. The van der Waals surface area contributed by atoms with Crippen LogP contribution in [0.5, 0.6) is 11.5 Å². The molecule has 3 rings (SSSR count). The van der Waals surface area contributed by atoms with E-state index in [9.17, 15) is 9.90 Å². The highest BCUT2D eigenvalue weighted by molar-refractivity contribution is 5.89. The smallest absolute Gasteiger partial charge is 0.338 e. The van der Waals surface area contributed by atoms with E-state index in [4.69, 9.17) is 4.74 Å². The van der Waals surface area contributed by atoms with Crippen LogP contribution >= 0.6 is 0 Å². The third-order valence-electron chi connectivity index (χ3n) is 3.92. The van der Waals surface area contributed by atoms with E-state index < -0.39 is 11.4 Å². The van der Waals surface area contributed by atoms with Gasteiger partial charge in [0.2, 0.25) is 0 Å². The van der Waals surface area contributed by atoms with Gasteiger partial charge in [-0.2, -0.15) is 0 Å². The SMILES string of the molecule is C=C(C)C(=O)Oc1ccc(-n2nc3ccccc3n2)c(O)c1C(C)(C)C. The van der Waals surface area contributed by atoms with Gasteiger partial charge in [-0.3, -0.25) is 0 Å². The Kier molecular flexibility index (Phi) is 4.28. The maximum absolute atomic E-state index is 11.9. The molecule has 0 aliphatic carbocycles. The predicted molar refractivity (Wildman–Crippen MR) is 99.7 cm³/mol. The van der Waals surface area contributed by atoms with Crippen molar-refractivity contribution in [1.82, 2.24) is 15.0 Å². The van der Waals surface area contributed by atoms with Crippen molar-refractivity contribution in [2.45, 2.75) is 33.1 Å². The Hall–Kier alpha value is -3.15. The molecule has 0 atom stereocenters. The van der Waals surface area contributed by atoms with Crippen LogP contribution in [-0.2, 0) is 10.2 Å². The minimum Gasteiger partial charge on any atom is -0.505 e. The van der Waals surface area contributed by atoms with Crippen molar-refractivity contribution in [3.63, 3.8) is 0 Å². The lowest BCUT2D eigenvalue weighted by Crippen LogP contribution is -2.18. The lowest BCUT2D eigenvalue weighted by molar-refractivity contribution is -0.130. The predicted octanol–water partition coefficient (Wildman–Crippen LogP) is 3.91. The van der Waals surface area contributed by atoms with Gasteiger partial charge in [0.25, 0.3) is 0 Å². The van der Waals surface area contributed by atoms with Gasteiger partial charge in [-0.25, -0.2) is 4.79 Å². The minimum absolute atomic E-state index is 0.0233. The zero-order valence-corrected chi connectivity index (χ0v) is 15.3. The molecule has 6 heteroatoms. The number of nitrogens with zero attached hydrogens (tertiary/aromatic N) is 3. The summed E-state index contributed by atoms with van der Waals surface area (Å²) in [7, 11) is 0. The first-order valence-corrected chi connectivity index (χ1v) is 8.25. The number of rotatable bonds is 3. The summed E-state index contributed by atoms with van der Waals surface area (Å²) in [5.41, 5.74) is 2.18. The molecule has 1 N–H and O–H groups in total. The number of fused-ring (bicyclic) bond motifs is 1. The number of benzene rings is 2. The van der Waals surface area contributed by atoms with Crippen molar-refractivity contribution in [2.24, 2.45) is 0 Å². The number of aromatic hydroxyl groups is 1. The molecule has 1 aromatic heterocycles. The van der Waals surface area contributed by atoms with E-state index in [0.717, 1.165) is 11.0 Å². The van der Waals surface area contributed by atoms with Gasteiger partial charge in [0.15, 0.2) is 5.75 Å². The number of hydrogen-bond donors (Lipinski definition) is 1. The Labute approximate surface area is 151 Å². The van der Waals surface area contributed by atoms with Crippen LogP contribution in [0.15, 0.2) is 48.6 Å². The molecule has 0 fully saturated rings. The summed E-state index contributed by atoms with van der Waals surface area (Å²) in [6.07, 6.45) is 0. The highest BCUT2D eigenvalue weighted by Crippen LogP contribution is 2.41. The van der Waals surface area contributed by atoms with E-state index in [1.165, 1.54) is 4.80 Å². The molecule has 0 saturated carbocycles. The van der Waals surface area contributed by atoms with Crippen LogP contribution in [0.1, 0.15) is 33.3 Å². The monoisotopic (exact) mass is 351 g/mol. The molecule has 3 aromatic rings. The molecule has 0 spiro atoms. The number of carbonyl (C=O) groups excluding carboxylic acids is 1. The summed E-state index contributed by atoms with van der Waals surface area (Å²) in [6.45, 7) is 11.0. The molecule has 26 heavy (non-hydrogen) atoms. The molecule has 2 aromatic carbocycles. The quantitative estimate of drug-likeness (QED) is 0.440. The first-order valence-electron chi connectivity index (χ1n) is 8.25. The van der Waals surface area contributed by atoms with Crippen LogP contribution in [0.25, 0.3) is 16.7 Å². The average molecular weight is 351 g/mol. The number of esters is 1. The molecular weight excluding hydrogens is 330 g/mol. The first-order chi connectivity index (χ1) is 12.2. The molecule has 0 aliphatic heterocycles. The summed E-state index contributed by atoms with van der Waals surface area (Å²) in [5.74, 6) is -0.265. The molecule has 0 saturated heterocycles. The lowest BCUT2D eigenvalue weighted by atomic mass is 9.85. The average Bonchev–Trinajstić information content (AvgIpc) is 2.97. The molecule has 1 heterocycles. The van der Waals surface area contributed by atoms with Gasteiger partial charge in [-0.05, 0) is 36.6 Å². The van der Waals surface area contributed by atoms with Gasteiger partial charge in [-0.15, -0.1) is 15.0 Å². The Morgan fingerprint density at radius 1 is 1.12 bits per heavy atom. The lowest BCUT2D eigenvalue weighted by Gasteiger charge is -2.24. The Balaban J connectivity index is 2.16. The van der Waals surface area contributed by atoms with Crippen molar-refractivity contribution in [1.29, 1.82) is 0 Å². The Morgan fingerprint density at radius 2 is 1.69 bits per heavy atom. The zero-order valence-electron chi connectivity index (χ0n) is 15.3. The number of phenolic OH excluding ortho intramolecular Hbond substituents is 1. The van der Waals surface area contributed by atoms with Crippen molar-refractivity contribution in [3.8, 4) is 17.2 Å².